The predicted molar refractivity (Wildman–Crippen MR) is 81.5 cm³/mol. The second kappa shape index (κ2) is 6.03. The summed E-state index contributed by atoms with van der Waals surface area (Å²) >= 11 is 6.19. The van der Waals surface area contributed by atoms with E-state index in [0.717, 1.165) is 42.7 Å². The molecule has 0 bridgehead atoms. The molecule has 0 aromatic heterocycles. The van der Waals surface area contributed by atoms with E-state index in [9.17, 15) is 4.39 Å². The fraction of sp³-hybridized carbons (Fsp3) is 0.647. The normalized spacial score (nSPS) is 29.2. The van der Waals surface area contributed by atoms with Gasteiger partial charge in [0.15, 0.2) is 0 Å². The highest BCUT2D eigenvalue weighted by molar-refractivity contribution is 6.31. The molecule has 2 aliphatic rings. The minimum absolute atomic E-state index is 0.250. The molecule has 1 nitrogen and oxygen atoms in total. The lowest BCUT2D eigenvalue weighted by molar-refractivity contribution is 0.403. The van der Waals surface area contributed by atoms with E-state index in [4.69, 9.17) is 11.6 Å². The van der Waals surface area contributed by atoms with Gasteiger partial charge in [-0.2, -0.15) is 0 Å². The Hall–Kier alpha value is -0.600. The van der Waals surface area contributed by atoms with Crippen LogP contribution in [0.15, 0.2) is 18.2 Å². The van der Waals surface area contributed by atoms with Crippen molar-refractivity contribution in [1.82, 2.24) is 5.32 Å². The standard InChI is InChI=1S/C17H23ClFN/c1-2-8-20-16(17-13-4-3-5-14(13)17)9-11-6-7-12(19)10-15(11)18/h6-7,10,13-14,16-17,20H,2-5,8-9H2,1H3. The monoisotopic (exact) mass is 295 g/mol. The van der Waals surface area contributed by atoms with Crippen LogP contribution in [0.2, 0.25) is 5.02 Å². The van der Waals surface area contributed by atoms with Crippen molar-refractivity contribution in [3.05, 3.63) is 34.6 Å². The van der Waals surface area contributed by atoms with Crippen LogP contribution >= 0.6 is 11.6 Å². The Morgan fingerprint density at radius 2 is 2.10 bits per heavy atom. The molecular weight excluding hydrogens is 273 g/mol. The SMILES string of the molecule is CCCNC(Cc1ccc(F)cc1Cl)C1C2CCCC21. The van der Waals surface area contributed by atoms with Gasteiger partial charge < -0.3 is 5.32 Å². The molecule has 0 saturated heterocycles. The zero-order valence-electron chi connectivity index (χ0n) is 12.0. The molecule has 0 amide bonds. The van der Waals surface area contributed by atoms with Crippen molar-refractivity contribution in [2.24, 2.45) is 17.8 Å². The molecule has 2 aliphatic carbocycles. The minimum atomic E-state index is -0.250. The molecule has 3 atom stereocenters. The summed E-state index contributed by atoms with van der Waals surface area (Å²) in [6.07, 6.45) is 6.28. The van der Waals surface area contributed by atoms with Crippen LogP contribution in [0.25, 0.3) is 0 Å². The number of hydrogen-bond donors (Lipinski definition) is 1. The topological polar surface area (TPSA) is 12.0 Å². The second-order valence-electron chi connectivity index (χ2n) is 6.34. The Kier molecular flexibility index (Phi) is 4.32. The summed E-state index contributed by atoms with van der Waals surface area (Å²) < 4.78 is 13.1. The van der Waals surface area contributed by atoms with Crippen LogP contribution in [0.1, 0.15) is 38.2 Å². The van der Waals surface area contributed by atoms with Gasteiger partial charge in [-0.25, -0.2) is 4.39 Å². The molecule has 1 aromatic rings. The summed E-state index contributed by atoms with van der Waals surface area (Å²) in [5, 5.41) is 4.27. The molecule has 2 saturated carbocycles. The lowest BCUT2D eigenvalue weighted by Crippen LogP contribution is -2.35. The summed E-state index contributed by atoms with van der Waals surface area (Å²) in [4.78, 5) is 0. The number of halogens is 2. The van der Waals surface area contributed by atoms with Crippen LogP contribution in [0.3, 0.4) is 0 Å². The van der Waals surface area contributed by atoms with Gasteiger partial charge in [-0.05, 0) is 67.7 Å². The fourth-order valence-electron chi connectivity index (χ4n) is 4.07. The van der Waals surface area contributed by atoms with Crippen molar-refractivity contribution in [3.63, 3.8) is 0 Å². The van der Waals surface area contributed by atoms with E-state index in [2.05, 4.69) is 12.2 Å². The first kappa shape index (κ1) is 14.3. The highest BCUT2D eigenvalue weighted by Gasteiger charge is 2.55. The summed E-state index contributed by atoms with van der Waals surface area (Å²) in [5.41, 5.74) is 1.08. The maximum absolute atomic E-state index is 13.1. The third-order valence-corrected chi connectivity index (χ3v) is 5.40. The lowest BCUT2D eigenvalue weighted by atomic mass is 9.97. The van der Waals surface area contributed by atoms with E-state index in [0.29, 0.717) is 11.1 Å². The van der Waals surface area contributed by atoms with Crippen molar-refractivity contribution in [3.8, 4) is 0 Å². The number of fused-ring (bicyclic) bond motifs is 1. The van der Waals surface area contributed by atoms with Crippen LogP contribution in [-0.2, 0) is 6.42 Å². The molecule has 1 aromatic carbocycles. The highest BCUT2D eigenvalue weighted by atomic mass is 35.5. The summed E-state index contributed by atoms with van der Waals surface area (Å²) in [6.45, 7) is 3.25. The summed E-state index contributed by atoms with van der Waals surface area (Å²) in [5.74, 6) is 2.43. The zero-order chi connectivity index (χ0) is 14.1. The summed E-state index contributed by atoms with van der Waals surface area (Å²) in [6, 6.07) is 5.30. The van der Waals surface area contributed by atoms with E-state index < -0.39 is 0 Å². The van der Waals surface area contributed by atoms with Gasteiger partial charge >= 0.3 is 0 Å². The van der Waals surface area contributed by atoms with Gasteiger partial charge in [0.25, 0.3) is 0 Å². The van der Waals surface area contributed by atoms with Gasteiger partial charge in [0.05, 0.1) is 0 Å². The Labute approximate surface area is 125 Å². The predicted octanol–water partition coefficient (Wildman–Crippen LogP) is 4.44. The van der Waals surface area contributed by atoms with Gasteiger partial charge in [0.1, 0.15) is 5.82 Å². The molecule has 0 aliphatic heterocycles. The third kappa shape index (κ3) is 2.87. The van der Waals surface area contributed by atoms with Crippen LogP contribution in [-0.4, -0.2) is 12.6 Å². The molecule has 3 unspecified atom stereocenters. The smallest absolute Gasteiger partial charge is 0.124 e. The molecule has 20 heavy (non-hydrogen) atoms. The number of benzene rings is 1. The van der Waals surface area contributed by atoms with Crippen molar-refractivity contribution in [2.75, 3.05) is 6.54 Å². The van der Waals surface area contributed by atoms with E-state index in [-0.39, 0.29) is 5.82 Å². The first-order valence-corrected chi connectivity index (χ1v) is 8.25. The van der Waals surface area contributed by atoms with Crippen molar-refractivity contribution in [1.29, 1.82) is 0 Å². The van der Waals surface area contributed by atoms with Gasteiger partial charge in [-0.1, -0.05) is 31.0 Å². The second-order valence-corrected chi connectivity index (χ2v) is 6.74. The van der Waals surface area contributed by atoms with Crippen LogP contribution in [0.4, 0.5) is 4.39 Å². The van der Waals surface area contributed by atoms with Gasteiger partial charge in [-0.15, -0.1) is 0 Å². The van der Waals surface area contributed by atoms with Crippen molar-refractivity contribution in [2.45, 2.75) is 45.1 Å². The average Bonchev–Trinajstić information content (AvgIpc) is 2.90. The third-order valence-electron chi connectivity index (χ3n) is 5.05. The van der Waals surface area contributed by atoms with Crippen molar-refractivity contribution < 1.29 is 4.39 Å². The Morgan fingerprint density at radius 3 is 2.75 bits per heavy atom. The molecule has 3 heteroatoms. The zero-order valence-corrected chi connectivity index (χ0v) is 12.8. The largest absolute Gasteiger partial charge is 0.313 e. The highest BCUT2D eigenvalue weighted by Crippen LogP contribution is 2.59. The van der Waals surface area contributed by atoms with Gasteiger partial charge in [0.2, 0.25) is 0 Å². The number of rotatable bonds is 6. The maximum atomic E-state index is 13.1. The molecular formula is C17H23ClFN. The average molecular weight is 296 g/mol. The minimum Gasteiger partial charge on any atom is -0.313 e. The van der Waals surface area contributed by atoms with Crippen LogP contribution < -0.4 is 5.32 Å². The lowest BCUT2D eigenvalue weighted by Gasteiger charge is -2.21. The first-order valence-electron chi connectivity index (χ1n) is 7.88. The maximum Gasteiger partial charge on any atom is 0.124 e. The molecule has 1 N–H and O–H groups in total. The molecule has 3 rings (SSSR count). The van der Waals surface area contributed by atoms with Crippen LogP contribution in [0.5, 0.6) is 0 Å². The number of hydrogen-bond acceptors (Lipinski definition) is 1. The fourth-order valence-corrected chi connectivity index (χ4v) is 4.32. The Morgan fingerprint density at radius 1 is 1.35 bits per heavy atom. The van der Waals surface area contributed by atoms with E-state index >= 15 is 0 Å². The van der Waals surface area contributed by atoms with Gasteiger partial charge in [-0.3, -0.25) is 0 Å². The van der Waals surface area contributed by atoms with Crippen LogP contribution in [0, 0.1) is 23.6 Å². The van der Waals surface area contributed by atoms with E-state index in [1.54, 1.807) is 0 Å². The summed E-state index contributed by atoms with van der Waals surface area (Å²) in [7, 11) is 0. The quantitative estimate of drug-likeness (QED) is 0.818. The Balaban J connectivity index is 1.69. The molecule has 2 fully saturated rings. The van der Waals surface area contributed by atoms with E-state index in [1.807, 2.05) is 6.07 Å². The molecule has 0 heterocycles. The molecule has 0 spiro atoms. The van der Waals surface area contributed by atoms with Gasteiger partial charge in [0, 0.05) is 11.1 Å². The van der Waals surface area contributed by atoms with Crippen molar-refractivity contribution >= 4 is 11.6 Å². The number of nitrogens with one attached hydrogen (secondary N) is 1. The first-order chi connectivity index (χ1) is 9.70. The Bertz CT molecular complexity index is 466. The molecule has 0 radical (unpaired) electrons. The molecule has 110 valence electrons. The van der Waals surface area contributed by atoms with E-state index in [1.165, 1.54) is 31.4 Å².